The van der Waals surface area contributed by atoms with Crippen LogP contribution in [0.1, 0.15) is 92.9 Å². The topological polar surface area (TPSA) is 66.8 Å². The van der Waals surface area contributed by atoms with Crippen molar-refractivity contribution in [2.75, 3.05) is 7.11 Å². The Bertz CT molecular complexity index is 720. The highest BCUT2D eigenvalue weighted by molar-refractivity contribution is 5.83. The van der Waals surface area contributed by atoms with E-state index in [4.69, 9.17) is 4.74 Å². The van der Waals surface area contributed by atoms with Gasteiger partial charge >= 0.3 is 0 Å². The van der Waals surface area contributed by atoms with E-state index < -0.39 is 12.2 Å². The van der Waals surface area contributed by atoms with E-state index in [2.05, 4.69) is 41.5 Å². The van der Waals surface area contributed by atoms with Crippen LogP contribution in [-0.4, -0.2) is 41.4 Å². The summed E-state index contributed by atoms with van der Waals surface area (Å²) in [6.45, 7) is 13.3. The fourth-order valence-electron chi connectivity index (χ4n) is 9.38. The first-order chi connectivity index (χ1) is 15.5. The van der Waals surface area contributed by atoms with Crippen molar-refractivity contribution < 1.29 is 19.7 Å². The molecule has 4 nitrogen and oxygen atoms in total. The molecule has 190 valence electrons. The number of hydrogen-bond donors (Lipinski definition) is 2. The molecule has 4 aliphatic carbocycles. The molecule has 0 aromatic heterocycles. The Morgan fingerprint density at radius 2 is 1.55 bits per heavy atom. The maximum atomic E-state index is 13.5. The molecule has 12 atom stereocenters. The van der Waals surface area contributed by atoms with Gasteiger partial charge in [-0.05, 0) is 97.2 Å². The summed E-state index contributed by atoms with van der Waals surface area (Å²) in [6, 6.07) is 0. The lowest BCUT2D eigenvalue weighted by molar-refractivity contribution is -0.163. The van der Waals surface area contributed by atoms with Gasteiger partial charge in [-0.3, -0.25) is 4.79 Å². The van der Waals surface area contributed by atoms with Crippen molar-refractivity contribution in [1.29, 1.82) is 0 Å². The third kappa shape index (κ3) is 4.04. The number of hydrogen-bond acceptors (Lipinski definition) is 4. The number of aliphatic hydroxyl groups is 2. The third-order valence-electron chi connectivity index (χ3n) is 11.9. The molecule has 4 heteroatoms. The minimum absolute atomic E-state index is 0.0764. The molecule has 4 rings (SSSR count). The number of carbonyl (C=O) groups is 1. The average Bonchev–Trinajstić information content (AvgIpc) is 3.14. The number of aliphatic hydroxyl groups excluding tert-OH is 2. The highest BCUT2D eigenvalue weighted by Gasteiger charge is 2.63. The molecule has 0 unspecified atom stereocenters. The molecular formula is C29H50O4. The van der Waals surface area contributed by atoms with E-state index in [0.29, 0.717) is 35.4 Å². The van der Waals surface area contributed by atoms with Crippen molar-refractivity contribution in [1.82, 2.24) is 0 Å². The van der Waals surface area contributed by atoms with Gasteiger partial charge in [0.05, 0.1) is 18.3 Å². The van der Waals surface area contributed by atoms with E-state index in [1.165, 1.54) is 19.3 Å². The van der Waals surface area contributed by atoms with Gasteiger partial charge in [-0.25, -0.2) is 0 Å². The third-order valence-corrected chi connectivity index (χ3v) is 11.9. The van der Waals surface area contributed by atoms with Crippen LogP contribution in [0.5, 0.6) is 0 Å². The standard InChI is InChI=1S/C29H50O4/c1-16(2)17(3)26(31)27(32)18(4)21-8-9-22-20-15-25(30)24-14-19(33-7)10-12-29(24,6)23(20)11-13-28(21,22)5/h16-24,26-27,31-32H,8-15H2,1-7H3/t17-,18-,19+,20+,21-,22+,23+,24-,26-,27+,28-,29-/m1/s1. The van der Waals surface area contributed by atoms with E-state index in [-0.39, 0.29) is 34.7 Å². The predicted octanol–water partition coefficient (Wildman–Crippen LogP) is 5.49. The van der Waals surface area contributed by atoms with Crippen LogP contribution in [-0.2, 0) is 9.53 Å². The van der Waals surface area contributed by atoms with E-state index in [9.17, 15) is 15.0 Å². The van der Waals surface area contributed by atoms with Gasteiger partial charge in [0.2, 0.25) is 0 Å². The van der Waals surface area contributed by atoms with E-state index in [0.717, 1.165) is 32.1 Å². The molecule has 4 saturated carbocycles. The molecular weight excluding hydrogens is 412 g/mol. The number of Topliss-reactive ketones (excluding diaryl/α,β-unsaturated/α-hetero) is 1. The molecule has 0 spiro atoms. The van der Waals surface area contributed by atoms with Crippen LogP contribution in [0, 0.1) is 58.2 Å². The Balaban J connectivity index is 1.53. The van der Waals surface area contributed by atoms with Gasteiger partial charge < -0.3 is 14.9 Å². The second-order valence-electron chi connectivity index (χ2n) is 13.4. The molecule has 4 aliphatic rings. The molecule has 0 heterocycles. The zero-order valence-electron chi connectivity index (χ0n) is 22.2. The average molecular weight is 463 g/mol. The molecule has 2 N–H and O–H groups in total. The first-order valence-electron chi connectivity index (χ1n) is 13.9. The van der Waals surface area contributed by atoms with Crippen molar-refractivity contribution in [3.05, 3.63) is 0 Å². The lowest BCUT2D eigenvalue weighted by atomic mass is 9.44. The van der Waals surface area contributed by atoms with Crippen LogP contribution >= 0.6 is 0 Å². The van der Waals surface area contributed by atoms with E-state index in [1.54, 1.807) is 7.11 Å². The van der Waals surface area contributed by atoms with Gasteiger partial charge in [0.1, 0.15) is 5.78 Å². The first-order valence-corrected chi connectivity index (χ1v) is 13.9. The number of methoxy groups -OCH3 is 1. The maximum Gasteiger partial charge on any atom is 0.136 e. The summed E-state index contributed by atoms with van der Waals surface area (Å²) in [5.74, 6) is 3.28. The molecule has 0 aromatic rings. The second-order valence-corrected chi connectivity index (χ2v) is 13.4. The van der Waals surface area contributed by atoms with E-state index >= 15 is 0 Å². The molecule has 0 aliphatic heterocycles. The fraction of sp³-hybridized carbons (Fsp3) is 0.966. The van der Waals surface area contributed by atoms with Crippen molar-refractivity contribution in [2.24, 2.45) is 58.2 Å². The summed E-state index contributed by atoms with van der Waals surface area (Å²) in [5, 5.41) is 22.1. The molecule has 0 aromatic carbocycles. The second kappa shape index (κ2) is 9.21. The molecule has 0 bridgehead atoms. The van der Waals surface area contributed by atoms with Crippen molar-refractivity contribution >= 4 is 5.78 Å². The van der Waals surface area contributed by atoms with Crippen molar-refractivity contribution in [2.45, 2.75) is 111 Å². The van der Waals surface area contributed by atoms with Gasteiger partial charge in [0.25, 0.3) is 0 Å². The van der Waals surface area contributed by atoms with Gasteiger partial charge in [0, 0.05) is 19.4 Å². The largest absolute Gasteiger partial charge is 0.390 e. The zero-order valence-corrected chi connectivity index (χ0v) is 22.2. The highest BCUT2D eigenvalue weighted by Crippen LogP contribution is 2.68. The summed E-state index contributed by atoms with van der Waals surface area (Å²) in [6.07, 6.45) is 7.44. The minimum Gasteiger partial charge on any atom is -0.390 e. The summed E-state index contributed by atoms with van der Waals surface area (Å²) < 4.78 is 5.67. The lowest BCUT2D eigenvalue weighted by Gasteiger charge is -2.60. The Morgan fingerprint density at radius 1 is 0.909 bits per heavy atom. The quantitative estimate of drug-likeness (QED) is 0.548. The van der Waals surface area contributed by atoms with Crippen LogP contribution in [0.25, 0.3) is 0 Å². The Hall–Kier alpha value is -0.450. The van der Waals surface area contributed by atoms with Crippen molar-refractivity contribution in [3.63, 3.8) is 0 Å². The first kappa shape index (κ1) is 25.6. The summed E-state index contributed by atoms with van der Waals surface area (Å²) in [5.41, 5.74) is 0.290. The Kier molecular flexibility index (Phi) is 7.15. The van der Waals surface area contributed by atoms with Crippen LogP contribution in [0.15, 0.2) is 0 Å². The zero-order chi connectivity index (χ0) is 24.3. The summed E-state index contributed by atoms with van der Waals surface area (Å²) in [4.78, 5) is 13.5. The number of fused-ring (bicyclic) bond motifs is 5. The monoisotopic (exact) mass is 462 g/mol. The van der Waals surface area contributed by atoms with Crippen LogP contribution in [0.4, 0.5) is 0 Å². The van der Waals surface area contributed by atoms with E-state index in [1.807, 2.05) is 0 Å². The molecule has 0 radical (unpaired) electrons. The van der Waals surface area contributed by atoms with Crippen LogP contribution in [0.3, 0.4) is 0 Å². The maximum absolute atomic E-state index is 13.5. The van der Waals surface area contributed by atoms with Gasteiger partial charge in [-0.2, -0.15) is 0 Å². The molecule has 0 amide bonds. The summed E-state index contributed by atoms with van der Waals surface area (Å²) in [7, 11) is 1.79. The Morgan fingerprint density at radius 3 is 2.18 bits per heavy atom. The molecule has 33 heavy (non-hydrogen) atoms. The highest BCUT2D eigenvalue weighted by atomic mass is 16.5. The van der Waals surface area contributed by atoms with Crippen molar-refractivity contribution in [3.8, 4) is 0 Å². The number of rotatable bonds is 6. The predicted molar refractivity (Wildman–Crippen MR) is 132 cm³/mol. The SMILES string of the molecule is CO[C@H]1CC[C@@]2(C)[C@H](C1)C(=O)C[C@@H]1[C@@H]2CC[C@]2(C)[C@@H]([C@@H](C)[C@H](O)[C@H](O)[C@H](C)C(C)C)CC[C@@H]12. The number of ketones is 1. The summed E-state index contributed by atoms with van der Waals surface area (Å²) >= 11 is 0. The normalized spacial score (nSPS) is 46.8. The van der Waals surface area contributed by atoms with Crippen LogP contribution in [0.2, 0.25) is 0 Å². The van der Waals surface area contributed by atoms with Gasteiger partial charge in [0.15, 0.2) is 0 Å². The van der Waals surface area contributed by atoms with Gasteiger partial charge in [-0.1, -0.05) is 41.5 Å². The lowest BCUT2D eigenvalue weighted by Crippen LogP contribution is -2.57. The number of carbonyl (C=O) groups excluding carboxylic acids is 1. The molecule has 0 saturated heterocycles. The smallest absolute Gasteiger partial charge is 0.136 e. The minimum atomic E-state index is -0.681. The number of ether oxygens (including phenoxy) is 1. The molecule has 4 fully saturated rings. The van der Waals surface area contributed by atoms with Gasteiger partial charge in [-0.15, -0.1) is 0 Å². The van der Waals surface area contributed by atoms with Crippen LogP contribution < -0.4 is 0 Å². The Labute approximate surface area is 202 Å². The fourth-order valence-corrected chi connectivity index (χ4v) is 9.38.